The maximum Gasteiger partial charge on any atom is 0.425 e. The lowest BCUT2D eigenvalue weighted by molar-refractivity contribution is -0.145. The summed E-state index contributed by atoms with van der Waals surface area (Å²) in [4.78, 5) is 38.8. The summed E-state index contributed by atoms with van der Waals surface area (Å²) in [6.45, 7) is 4.84. The fourth-order valence-corrected chi connectivity index (χ4v) is 8.40. The van der Waals surface area contributed by atoms with Gasteiger partial charge < -0.3 is 4.90 Å². The van der Waals surface area contributed by atoms with Crippen molar-refractivity contribution in [2.45, 2.75) is 58.2 Å². The molecule has 0 amide bonds. The molecule has 0 aromatic carbocycles. The van der Waals surface area contributed by atoms with Crippen molar-refractivity contribution in [2.24, 2.45) is 23.2 Å². The highest BCUT2D eigenvalue weighted by atomic mass is 32.1. The summed E-state index contributed by atoms with van der Waals surface area (Å²) in [5.41, 5.74) is -0.607. The van der Waals surface area contributed by atoms with Crippen molar-refractivity contribution in [3.63, 3.8) is 0 Å². The van der Waals surface area contributed by atoms with E-state index in [9.17, 15) is 22.8 Å². The standard InChI is InChI=1S/C26H32F3N5O2S/c1-16-30-23(31-24(36)34(16)14-20-2-3-22(37-20)26(27,28)29)33-6-4-32(5-7-33)15-21(35)25-11-17-8-18(12-25)10-19(9-17)13-25/h2-3,17-19H,4-15H2,1H3. The van der Waals surface area contributed by atoms with E-state index in [2.05, 4.69) is 14.9 Å². The predicted octanol–water partition coefficient (Wildman–Crippen LogP) is 3.98. The van der Waals surface area contributed by atoms with Crippen LogP contribution in [0.1, 0.15) is 54.1 Å². The first-order valence-corrected chi connectivity index (χ1v) is 14.0. The van der Waals surface area contributed by atoms with Gasteiger partial charge in [-0.15, -0.1) is 11.3 Å². The number of anilines is 1. The van der Waals surface area contributed by atoms with Crippen molar-refractivity contribution >= 4 is 23.1 Å². The number of Topliss-reactive ketones (excluding diaryl/α,β-unsaturated/α-hetero) is 1. The number of carbonyl (C=O) groups excluding carboxylic acids is 1. The van der Waals surface area contributed by atoms with Crippen molar-refractivity contribution in [2.75, 3.05) is 37.6 Å². The Hall–Kier alpha value is -2.27. The largest absolute Gasteiger partial charge is 0.425 e. The van der Waals surface area contributed by atoms with E-state index in [0.29, 0.717) is 66.5 Å². The number of hydrogen-bond donors (Lipinski definition) is 0. The van der Waals surface area contributed by atoms with Gasteiger partial charge in [-0.05, 0) is 75.3 Å². The summed E-state index contributed by atoms with van der Waals surface area (Å²) >= 11 is 0.623. The van der Waals surface area contributed by atoms with E-state index in [-0.39, 0.29) is 12.0 Å². The zero-order valence-corrected chi connectivity index (χ0v) is 21.8. The van der Waals surface area contributed by atoms with Crippen LogP contribution in [0.15, 0.2) is 16.9 Å². The summed E-state index contributed by atoms with van der Waals surface area (Å²) in [6, 6.07) is 2.42. The maximum absolute atomic E-state index is 13.5. The molecule has 0 N–H and O–H groups in total. The predicted molar refractivity (Wildman–Crippen MR) is 134 cm³/mol. The minimum atomic E-state index is -4.40. The molecule has 0 atom stereocenters. The molecule has 7 rings (SSSR count). The van der Waals surface area contributed by atoms with E-state index >= 15 is 0 Å². The smallest absolute Gasteiger partial charge is 0.338 e. The number of rotatable bonds is 6. The van der Waals surface area contributed by atoms with Crippen LogP contribution in [0.25, 0.3) is 0 Å². The van der Waals surface area contributed by atoms with Crippen LogP contribution in [0.3, 0.4) is 0 Å². The Kier molecular flexibility index (Phi) is 6.21. The normalized spacial score (nSPS) is 29.7. The zero-order valence-electron chi connectivity index (χ0n) is 21.0. The molecule has 0 spiro atoms. The summed E-state index contributed by atoms with van der Waals surface area (Å²) in [5, 5.41) is 0. The van der Waals surface area contributed by atoms with E-state index in [1.54, 1.807) is 6.92 Å². The van der Waals surface area contributed by atoms with Gasteiger partial charge in [-0.1, -0.05) is 0 Å². The molecular weight excluding hydrogens is 503 g/mol. The SMILES string of the molecule is Cc1nc(N2CCN(CC(=O)C34CC5CC(CC(C5)C3)C4)CC2)nc(=O)n1Cc1ccc(C(F)(F)F)s1. The first-order chi connectivity index (χ1) is 17.6. The topological polar surface area (TPSA) is 71.3 Å². The van der Waals surface area contributed by atoms with Gasteiger partial charge in [0.1, 0.15) is 10.7 Å². The Morgan fingerprint density at radius 1 is 1.03 bits per heavy atom. The lowest BCUT2D eigenvalue weighted by Gasteiger charge is -2.56. The summed E-state index contributed by atoms with van der Waals surface area (Å²) < 4.78 is 40.0. The van der Waals surface area contributed by atoms with Crippen LogP contribution in [0.4, 0.5) is 19.1 Å². The van der Waals surface area contributed by atoms with Crippen molar-refractivity contribution in [3.8, 4) is 0 Å². The van der Waals surface area contributed by atoms with E-state index in [0.717, 1.165) is 43.1 Å². The minimum Gasteiger partial charge on any atom is -0.338 e. The molecule has 1 aliphatic heterocycles. The number of alkyl halides is 3. The molecule has 1 saturated heterocycles. The molecule has 7 nitrogen and oxygen atoms in total. The van der Waals surface area contributed by atoms with Gasteiger partial charge in [0, 0.05) is 36.5 Å². The number of aromatic nitrogens is 3. The lowest BCUT2D eigenvalue weighted by Crippen LogP contribution is -2.55. The molecule has 2 aromatic heterocycles. The fourth-order valence-electron chi connectivity index (χ4n) is 7.54. The fraction of sp³-hybridized carbons (Fsp3) is 0.692. The van der Waals surface area contributed by atoms with Gasteiger partial charge in [-0.2, -0.15) is 23.1 Å². The molecule has 0 radical (unpaired) electrons. The summed E-state index contributed by atoms with van der Waals surface area (Å²) in [5.74, 6) is 3.43. The molecule has 5 aliphatic rings. The molecule has 4 aliphatic carbocycles. The van der Waals surface area contributed by atoms with Crippen LogP contribution >= 0.6 is 11.3 Å². The molecule has 4 saturated carbocycles. The lowest BCUT2D eigenvalue weighted by atomic mass is 9.48. The summed E-state index contributed by atoms with van der Waals surface area (Å²) in [7, 11) is 0. The molecule has 200 valence electrons. The van der Waals surface area contributed by atoms with Crippen LogP contribution in [-0.2, 0) is 17.5 Å². The minimum absolute atomic E-state index is 0.00586. The second-order valence-corrected chi connectivity index (χ2v) is 12.8. The number of carbonyl (C=O) groups is 1. The summed E-state index contributed by atoms with van der Waals surface area (Å²) in [6.07, 6.45) is 2.84. The second-order valence-electron chi connectivity index (χ2n) is 11.6. The van der Waals surface area contributed by atoms with Crippen LogP contribution < -0.4 is 10.6 Å². The van der Waals surface area contributed by atoms with E-state index < -0.39 is 16.7 Å². The molecule has 2 aromatic rings. The number of ketones is 1. The van der Waals surface area contributed by atoms with Gasteiger partial charge in [0.25, 0.3) is 0 Å². The second kappa shape index (κ2) is 9.18. The molecular formula is C26H32F3N5O2S. The molecule has 11 heteroatoms. The average molecular weight is 536 g/mol. The van der Waals surface area contributed by atoms with Crippen LogP contribution in [0.5, 0.6) is 0 Å². The number of halogens is 3. The molecule has 5 fully saturated rings. The molecule has 3 heterocycles. The van der Waals surface area contributed by atoms with Gasteiger partial charge >= 0.3 is 11.9 Å². The quantitative estimate of drug-likeness (QED) is 0.557. The Balaban J connectivity index is 1.07. The first-order valence-electron chi connectivity index (χ1n) is 13.2. The Morgan fingerprint density at radius 2 is 1.65 bits per heavy atom. The number of thiophene rings is 1. The Labute approximate surface area is 217 Å². The highest BCUT2D eigenvalue weighted by molar-refractivity contribution is 7.12. The van der Waals surface area contributed by atoms with Crippen LogP contribution in [0, 0.1) is 30.1 Å². The van der Waals surface area contributed by atoms with Gasteiger partial charge in [0.05, 0.1) is 13.1 Å². The number of aryl methyl sites for hydroxylation is 1. The molecule has 0 unspecified atom stereocenters. The van der Waals surface area contributed by atoms with E-state index in [4.69, 9.17) is 0 Å². The van der Waals surface area contributed by atoms with Gasteiger partial charge in [0.2, 0.25) is 5.95 Å². The van der Waals surface area contributed by atoms with Gasteiger partial charge in [0.15, 0.2) is 5.78 Å². The highest BCUT2D eigenvalue weighted by Gasteiger charge is 2.54. The number of piperazine rings is 1. The van der Waals surface area contributed by atoms with Crippen molar-refractivity contribution in [1.29, 1.82) is 0 Å². The zero-order chi connectivity index (χ0) is 25.9. The third-order valence-corrected chi connectivity index (χ3v) is 10.1. The average Bonchev–Trinajstić information content (AvgIpc) is 3.30. The van der Waals surface area contributed by atoms with Gasteiger partial charge in [-0.3, -0.25) is 14.3 Å². The molecule has 4 bridgehead atoms. The van der Waals surface area contributed by atoms with Crippen LogP contribution in [-0.4, -0.2) is 57.9 Å². The Bertz CT molecular complexity index is 1210. The first kappa shape index (κ1) is 25.0. The molecule has 37 heavy (non-hydrogen) atoms. The third-order valence-electron chi connectivity index (χ3n) is 8.99. The van der Waals surface area contributed by atoms with Gasteiger partial charge in [-0.25, -0.2) is 4.79 Å². The van der Waals surface area contributed by atoms with Crippen molar-refractivity contribution in [1.82, 2.24) is 19.4 Å². The monoisotopic (exact) mass is 535 g/mol. The van der Waals surface area contributed by atoms with Crippen LogP contribution in [0.2, 0.25) is 0 Å². The van der Waals surface area contributed by atoms with E-state index in [1.807, 2.05) is 4.90 Å². The van der Waals surface area contributed by atoms with E-state index in [1.165, 1.54) is 29.9 Å². The maximum atomic E-state index is 13.5. The Morgan fingerprint density at radius 3 is 2.19 bits per heavy atom. The highest BCUT2D eigenvalue weighted by Crippen LogP contribution is 2.60. The van der Waals surface area contributed by atoms with Crippen molar-refractivity contribution in [3.05, 3.63) is 38.2 Å². The third kappa shape index (κ3) is 4.84. The number of nitrogens with zero attached hydrogens (tertiary/aromatic N) is 5. The van der Waals surface area contributed by atoms with Crippen molar-refractivity contribution < 1.29 is 18.0 Å². The number of hydrogen-bond acceptors (Lipinski definition) is 7.